The standard InChI is InChI=1S/C8H17NO3/c1-3-5-6-7-8(11-4-2)12-9-10/h8H,3-7H2,1-2H3. The molecule has 4 nitrogen and oxygen atoms in total. The average molecular weight is 175 g/mol. The molecule has 0 rings (SSSR count). The van der Waals surface area contributed by atoms with Crippen molar-refractivity contribution in [2.24, 2.45) is 5.34 Å². The summed E-state index contributed by atoms with van der Waals surface area (Å²) in [7, 11) is 0. The van der Waals surface area contributed by atoms with Crippen molar-refractivity contribution >= 4 is 0 Å². The predicted molar refractivity (Wildman–Crippen MR) is 46.4 cm³/mol. The lowest BCUT2D eigenvalue weighted by molar-refractivity contribution is -0.144. The Morgan fingerprint density at radius 2 is 2.08 bits per heavy atom. The van der Waals surface area contributed by atoms with Crippen molar-refractivity contribution in [2.45, 2.75) is 45.8 Å². The quantitative estimate of drug-likeness (QED) is 0.246. The van der Waals surface area contributed by atoms with Gasteiger partial charge in [-0.05, 0) is 13.3 Å². The van der Waals surface area contributed by atoms with Gasteiger partial charge in [0.2, 0.25) is 6.29 Å². The fraction of sp³-hybridized carbons (Fsp3) is 1.00. The van der Waals surface area contributed by atoms with E-state index in [1.54, 1.807) is 0 Å². The summed E-state index contributed by atoms with van der Waals surface area (Å²) in [4.78, 5) is 14.2. The van der Waals surface area contributed by atoms with E-state index < -0.39 is 6.29 Å². The Balaban J connectivity index is 3.40. The smallest absolute Gasteiger partial charge is 0.230 e. The number of rotatable bonds is 8. The molecule has 0 saturated heterocycles. The molecule has 12 heavy (non-hydrogen) atoms. The Bertz CT molecular complexity index is 108. The Morgan fingerprint density at radius 3 is 2.58 bits per heavy atom. The van der Waals surface area contributed by atoms with Gasteiger partial charge in [0, 0.05) is 13.0 Å². The maximum absolute atomic E-state index is 9.77. The van der Waals surface area contributed by atoms with Gasteiger partial charge in [0.1, 0.15) is 0 Å². The normalized spacial score (nSPS) is 12.5. The number of hydrogen-bond donors (Lipinski definition) is 0. The minimum atomic E-state index is -0.445. The largest absolute Gasteiger partial charge is 0.341 e. The Hall–Kier alpha value is -0.640. The van der Waals surface area contributed by atoms with E-state index in [2.05, 4.69) is 17.1 Å². The molecule has 0 aromatic heterocycles. The Labute approximate surface area is 73.2 Å². The van der Waals surface area contributed by atoms with Gasteiger partial charge in [-0.2, -0.15) is 0 Å². The lowest BCUT2D eigenvalue weighted by Gasteiger charge is -2.11. The molecule has 0 bridgehead atoms. The third-order valence-corrected chi connectivity index (χ3v) is 1.56. The average Bonchev–Trinajstić information content (AvgIpc) is 2.06. The van der Waals surface area contributed by atoms with Crippen LogP contribution >= 0.6 is 0 Å². The topological polar surface area (TPSA) is 47.9 Å². The van der Waals surface area contributed by atoms with Crippen LogP contribution < -0.4 is 0 Å². The van der Waals surface area contributed by atoms with Crippen molar-refractivity contribution in [1.82, 2.24) is 0 Å². The van der Waals surface area contributed by atoms with Crippen LogP contribution in [-0.2, 0) is 9.57 Å². The molecule has 1 atom stereocenters. The van der Waals surface area contributed by atoms with Crippen LogP contribution in [0.4, 0.5) is 0 Å². The molecule has 0 N–H and O–H groups in total. The van der Waals surface area contributed by atoms with Gasteiger partial charge < -0.3 is 9.57 Å². The summed E-state index contributed by atoms with van der Waals surface area (Å²) >= 11 is 0. The molecular formula is C8H17NO3. The van der Waals surface area contributed by atoms with Crippen molar-refractivity contribution in [3.05, 3.63) is 4.91 Å². The minimum Gasteiger partial charge on any atom is -0.341 e. The summed E-state index contributed by atoms with van der Waals surface area (Å²) in [6, 6.07) is 0. The molecule has 0 aromatic rings. The van der Waals surface area contributed by atoms with E-state index in [9.17, 15) is 4.91 Å². The van der Waals surface area contributed by atoms with E-state index in [-0.39, 0.29) is 0 Å². The van der Waals surface area contributed by atoms with Crippen molar-refractivity contribution < 1.29 is 9.57 Å². The summed E-state index contributed by atoms with van der Waals surface area (Å²) in [5, 5.41) is 2.36. The fourth-order valence-corrected chi connectivity index (χ4v) is 0.961. The first-order chi connectivity index (χ1) is 5.85. The van der Waals surface area contributed by atoms with Crippen LogP contribution in [0.3, 0.4) is 0 Å². The summed E-state index contributed by atoms with van der Waals surface area (Å²) in [5.74, 6) is 0. The number of unbranched alkanes of at least 4 members (excludes halogenated alkanes) is 2. The molecule has 1 unspecified atom stereocenters. The highest BCUT2D eigenvalue weighted by atomic mass is 16.8. The van der Waals surface area contributed by atoms with Gasteiger partial charge in [0.05, 0.1) is 0 Å². The highest BCUT2D eigenvalue weighted by molar-refractivity contribution is 4.45. The number of ether oxygens (including phenoxy) is 1. The molecule has 0 saturated carbocycles. The minimum absolute atomic E-state index is 0.445. The zero-order valence-corrected chi connectivity index (χ0v) is 7.78. The second-order valence-electron chi connectivity index (χ2n) is 2.56. The summed E-state index contributed by atoms with van der Waals surface area (Å²) in [6.45, 7) is 4.53. The highest BCUT2D eigenvalue weighted by Crippen LogP contribution is 2.08. The van der Waals surface area contributed by atoms with Crippen LogP contribution in [0.5, 0.6) is 0 Å². The molecule has 0 spiro atoms. The molecule has 0 aliphatic carbocycles. The van der Waals surface area contributed by atoms with E-state index in [1.165, 1.54) is 0 Å². The number of nitrogens with zero attached hydrogens (tertiary/aromatic N) is 1. The van der Waals surface area contributed by atoms with Crippen LogP contribution in [0.25, 0.3) is 0 Å². The van der Waals surface area contributed by atoms with Gasteiger partial charge in [-0.3, -0.25) is 0 Å². The van der Waals surface area contributed by atoms with Gasteiger partial charge in [0.15, 0.2) is 5.34 Å². The van der Waals surface area contributed by atoms with E-state index in [1.807, 2.05) is 6.92 Å². The molecule has 0 amide bonds. The molecule has 0 aliphatic rings. The second kappa shape index (κ2) is 8.46. The first-order valence-corrected chi connectivity index (χ1v) is 4.45. The van der Waals surface area contributed by atoms with Gasteiger partial charge in [-0.15, -0.1) is 4.91 Å². The maximum atomic E-state index is 9.77. The molecule has 0 heterocycles. The predicted octanol–water partition coefficient (Wildman–Crippen LogP) is 2.63. The summed E-state index contributed by atoms with van der Waals surface area (Å²) < 4.78 is 5.11. The van der Waals surface area contributed by atoms with Crippen molar-refractivity contribution in [2.75, 3.05) is 6.61 Å². The molecular weight excluding hydrogens is 158 g/mol. The monoisotopic (exact) mass is 175 g/mol. The first kappa shape index (κ1) is 11.4. The third kappa shape index (κ3) is 6.09. The fourth-order valence-electron chi connectivity index (χ4n) is 0.961. The third-order valence-electron chi connectivity index (χ3n) is 1.56. The van der Waals surface area contributed by atoms with Gasteiger partial charge in [-0.1, -0.05) is 19.8 Å². The van der Waals surface area contributed by atoms with Crippen molar-refractivity contribution in [3.8, 4) is 0 Å². The zero-order valence-electron chi connectivity index (χ0n) is 7.78. The van der Waals surface area contributed by atoms with Crippen LogP contribution in [0.2, 0.25) is 0 Å². The second-order valence-corrected chi connectivity index (χ2v) is 2.56. The van der Waals surface area contributed by atoms with Gasteiger partial charge in [-0.25, -0.2) is 0 Å². The van der Waals surface area contributed by atoms with Crippen LogP contribution in [0, 0.1) is 4.91 Å². The molecule has 0 fully saturated rings. The SMILES string of the molecule is CCCCCC(OCC)ON=O. The molecule has 0 aromatic carbocycles. The molecule has 0 radical (unpaired) electrons. The van der Waals surface area contributed by atoms with Crippen molar-refractivity contribution in [1.29, 1.82) is 0 Å². The Morgan fingerprint density at radius 1 is 1.33 bits per heavy atom. The maximum Gasteiger partial charge on any atom is 0.230 e. The van der Waals surface area contributed by atoms with E-state index in [0.29, 0.717) is 6.61 Å². The van der Waals surface area contributed by atoms with Crippen LogP contribution in [-0.4, -0.2) is 12.9 Å². The lowest BCUT2D eigenvalue weighted by atomic mass is 10.2. The number of hydrogen-bond acceptors (Lipinski definition) is 4. The van der Waals surface area contributed by atoms with E-state index >= 15 is 0 Å². The Kier molecular flexibility index (Phi) is 8.01. The molecule has 4 heteroatoms. The van der Waals surface area contributed by atoms with E-state index in [4.69, 9.17) is 4.74 Å². The summed E-state index contributed by atoms with van der Waals surface area (Å²) in [6.07, 6.45) is 3.59. The molecule has 72 valence electrons. The van der Waals surface area contributed by atoms with Gasteiger partial charge >= 0.3 is 0 Å². The van der Waals surface area contributed by atoms with E-state index in [0.717, 1.165) is 25.7 Å². The van der Waals surface area contributed by atoms with Crippen molar-refractivity contribution in [3.63, 3.8) is 0 Å². The van der Waals surface area contributed by atoms with Crippen LogP contribution in [0.15, 0.2) is 5.34 Å². The lowest BCUT2D eigenvalue weighted by Crippen LogP contribution is -2.14. The molecule has 0 aliphatic heterocycles. The zero-order chi connectivity index (χ0) is 9.23. The highest BCUT2D eigenvalue weighted by Gasteiger charge is 2.08. The van der Waals surface area contributed by atoms with Crippen LogP contribution in [0.1, 0.15) is 39.5 Å². The van der Waals surface area contributed by atoms with Gasteiger partial charge in [0.25, 0.3) is 0 Å². The first-order valence-electron chi connectivity index (χ1n) is 4.45. The summed E-state index contributed by atoms with van der Waals surface area (Å²) in [5.41, 5.74) is 0.